The molecule has 94 valence electrons. The average Bonchev–Trinajstić information content (AvgIpc) is 2.30. The maximum Gasteiger partial charge on any atom is 0.222 e. The number of morpholine rings is 1. The summed E-state index contributed by atoms with van der Waals surface area (Å²) in [4.78, 5) is 13.9. The van der Waals surface area contributed by atoms with Gasteiger partial charge in [0.1, 0.15) is 0 Å². The molecule has 0 aromatic carbocycles. The van der Waals surface area contributed by atoms with E-state index in [9.17, 15) is 4.79 Å². The van der Waals surface area contributed by atoms with E-state index in [1.807, 2.05) is 11.8 Å². The third-order valence-corrected chi connectivity index (χ3v) is 3.08. The second kappa shape index (κ2) is 6.86. The Labute approximate surface area is 98.1 Å². The molecule has 1 heterocycles. The number of nitrogens with two attached hydrogens (primary N) is 1. The SMILES string of the molecule is CCCCCC(=O)N1CC(CN)OCC1C. The first-order valence-corrected chi connectivity index (χ1v) is 6.30. The van der Waals surface area contributed by atoms with Gasteiger partial charge < -0.3 is 15.4 Å². The Bertz CT molecular complexity index is 221. The number of unbranched alkanes of at least 4 members (excludes halogenated alkanes) is 2. The van der Waals surface area contributed by atoms with Crippen molar-refractivity contribution in [3.05, 3.63) is 0 Å². The molecule has 1 amide bonds. The standard InChI is InChI=1S/C12H24N2O2/c1-3-4-5-6-12(15)14-8-11(7-13)16-9-10(14)2/h10-11H,3-9,13H2,1-2H3. The topological polar surface area (TPSA) is 55.6 Å². The van der Waals surface area contributed by atoms with Gasteiger partial charge in [-0.1, -0.05) is 19.8 Å². The molecule has 0 radical (unpaired) electrons. The van der Waals surface area contributed by atoms with Gasteiger partial charge in [0.2, 0.25) is 5.91 Å². The van der Waals surface area contributed by atoms with Crippen molar-refractivity contribution in [2.24, 2.45) is 5.73 Å². The predicted octanol–water partition coefficient (Wildman–Crippen LogP) is 1.14. The number of ether oxygens (including phenoxy) is 1. The number of hydrogen-bond acceptors (Lipinski definition) is 3. The predicted molar refractivity (Wildman–Crippen MR) is 64.1 cm³/mol. The van der Waals surface area contributed by atoms with E-state index in [-0.39, 0.29) is 18.1 Å². The van der Waals surface area contributed by atoms with Gasteiger partial charge in [0, 0.05) is 19.5 Å². The number of carbonyl (C=O) groups excluding carboxylic acids is 1. The van der Waals surface area contributed by atoms with Crippen molar-refractivity contribution in [2.45, 2.75) is 51.7 Å². The molecule has 1 aliphatic rings. The van der Waals surface area contributed by atoms with Crippen LogP contribution in [0.5, 0.6) is 0 Å². The molecule has 1 fully saturated rings. The van der Waals surface area contributed by atoms with Crippen LogP contribution in [0.4, 0.5) is 0 Å². The lowest BCUT2D eigenvalue weighted by molar-refractivity contribution is -0.143. The molecule has 0 aromatic rings. The Kier molecular flexibility index (Phi) is 5.77. The summed E-state index contributed by atoms with van der Waals surface area (Å²) in [6, 6.07) is 0.192. The Hall–Kier alpha value is -0.610. The van der Waals surface area contributed by atoms with Crippen molar-refractivity contribution >= 4 is 5.91 Å². The van der Waals surface area contributed by atoms with Crippen LogP contribution in [0.25, 0.3) is 0 Å². The monoisotopic (exact) mass is 228 g/mol. The van der Waals surface area contributed by atoms with Crippen molar-refractivity contribution in [2.75, 3.05) is 19.7 Å². The van der Waals surface area contributed by atoms with Gasteiger partial charge in [0.15, 0.2) is 0 Å². The molecular formula is C12H24N2O2. The first-order chi connectivity index (χ1) is 7.69. The van der Waals surface area contributed by atoms with Gasteiger partial charge in [0.25, 0.3) is 0 Å². The summed E-state index contributed by atoms with van der Waals surface area (Å²) in [5, 5.41) is 0. The number of nitrogens with zero attached hydrogens (tertiary/aromatic N) is 1. The summed E-state index contributed by atoms with van der Waals surface area (Å²) < 4.78 is 5.53. The zero-order valence-corrected chi connectivity index (χ0v) is 10.4. The Balaban J connectivity index is 2.39. The van der Waals surface area contributed by atoms with E-state index >= 15 is 0 Å². The Morgan fingerprint density at radius 1 is 1.50 bits per heavy atom. The summed E-state index contributed by atoms with van der Waals surface area (Å²) in [5.74, 6) is 0.253. The molecule has 1 saturated heterocycles. The van der Waals surface area contributed by atoms with Crippen molar-refractivity contribution in [1.82, 2.24) is 4.90 Å². The van der Waals surface area contributed by atoms with E-state index in [1.165, 1.54) is 0 Å². The van der Waals surface area contributed by atoms with Gasteiger partial charge in [-0.15, -0.1) is 0 Å². The highest BCUT2D eigenvalue weighted by atomic mass is 16.5. The van der Waals surface area contributed by atoms with Crippen molar-refractivity contribution in [3.63, 3.8) is 0 Å². The number of carbonyl (C=O) groups is 1. The molecule has 4 nitrogen and oxygen atoms in total. The molecular weight excluding hydrogens is 204 g/mol. The maximum atomic E-state index is 12.0. The lowest BCUT2D eigenvalue weighted by atomic mass is 10.1. The Morgan fingerprint density at radius 3 is 2.88 bits per heavy atom. The molecule has 2 atom stereocenters. The summed E-state index contributed by atoms with van der Waals surface area (Å²) in [6.45, 7) is 5.94. The fourth-order valence-corrected chi connectivity index (χ4v) is 1.98. The molecule has 0 aliphatic carbocycles. The van der Waals surface area contributed by atoms with Crippen molar-refractivity contribution in [3.8, 4) is 0 Å². The van der Waals surface area contributed by atoms with Crippen LogP contribution >= 0.6 is 0 Å². The number of rotatable bonds is 5. The number of hydrogen-bond donors (Lipinski definition) is 1. The lowest BCUT2D eigenvalue weighted by Crippen LogP contribution is -2.52. The van der Waals surface area contributed by atoms with E-state index in [1.54, 1.807) is 0 Å². The minimum absolute atomic E-state index is 0.0197. The quantitative estimate of drug-likeness (QED) is 0.718. The second-order valence-electron chi connectivity index (χ2n) is 4.54. The normalized spacial score (nSPS) is 25.8. The maximum absolute atomic E-state index is 12.0. The van der Waals surface area contributed by atoms with Crippen LogP contribution in [0.15, 0.2) is 0 Å². The highest BCUT2D eigenvalue weighted by Gasteiger charge is 2.28. The lowest BCUT2D eigenvalue weighted by Gasteiger charge is -2.37. The van der Waals surface area contributed by atoms with E-state index in [0.29, 0.717) is 26.1 Å². The van der Waals surface area contributed by atoms with E-state index < -0.39 is 0 Å². The minimum atomic E-state index is 0.0197. The molecule has 0 bridgehead atoms. The molecule has 4 heteroatoms. The summed E-state index contributed by atoms with van der Waals surface area (Å²) in [7, 11) is 0. The van der Waals surface area contributed by atoms with E-state index in [4.69, 9.17) is 10.5 Å². The molecule has 0 aromatic heterocycles. The van der Waals surface area contributed by atoms with Crippen LogP contribution in [0, 0.1) is 0 Å². The van der Waals surface area contributed by atoms with Gasteiger partial charge in [-0.2, -0.15) is 0 Å². The van der Waals surface area contributed by atoms with Gasteiger partial charge >= 0.3 is 0 Å². The highest BCUT2D eigenvalue weighted by Crippen LogP contribution is 2.14. The average molecular weight is 228 g/mol. The van der Waals surface area contributed by atoms with Crippen LogP contribution in [-0.2, 0) is 9.53 Å². The highest BCUT2D eigenvalue weighted by molar-refractivity contribution is 5.76. The number of amides is 1. The largest absolute Gasteiger partial charge is 0.373 e. The van der Waals surface area contributed by atoms with Crippen LogP contribution < -0.4 is 5.73 Å². The first-order valence-electron chi connectivity index (χ1n) is 6.30. The van der Waals surface area contributed by atoms with Crippen molar-refractivity contribution < 1.29 is 9.53 Å². The molecule has 2 unspecified atom stereocenters. The smallest absolute Gasteiger partial charge is 0.222 e. The summed E-state index contributed by atoms with van der Waals surface area (Å²) >= 11 is 0. The van der Waals surface area contributed by atoms with Gasteiger partial charge in [0.05, 0.1) is 18.8 Å². The fraction of sp³-hybridized carbons (Fsp3) is 0.917. The van der Waals surface area contributed by atoms with E-state index in [2.05, 4.69) is 6.92 Å². The molecule has 0 spiro atoms. The van der Waals surface area contributed by atoms with Crippen LogP contribution in [0.3, 0.4) is 0 Å². The molecule has 2 N–H and O–H groups in total. The third-order valence-electron chi connectivity index (χ3n) is 3.08. The van der Waals surface area contributed by atoms with Crippen LogP contribution in [0.1, 0.15) is 39.5 Å². The minimum Gasteiger partial charge on any atom is -0.373 e. The van der Waals surface area contributed by atoms with Gasteiger partial charge in [-0.25, -0.2) is 0 Å². The zero-order chi connectivity index (χ0) is 12.0. The van der Waals surface area contributed by atoms with E-state index in [0.717, 1.165) is 19.3 Å². The Morgan fingerprint density at radius 2 is 2.25 bits per heavy atom. The summed E-state index contributed by atoms with van der Waals surface area (Å²) in [5.41, 5.74) is 5.57. The molecule has 1 aliphatic heterocycles. The fourth-order valence-electron chi connectivity index (χ4n) is 1.98. The van der Waals surface area contributed by atoms with Gasteiger partial charge in [-0.3, -0.25) is 4.79 Å². The molecule has 0 saturated carbocycles. The molecule has 16 heavy (non-hydrogen) atoms. The van der Waals surface area contributed by atoms with Crippen LogP contribution in [-0.4, -0.2) is 42.6 Å². The zero-order valence-electron chi connectivity index (χ0n) is 10.4. The molecule has 1 rings (SSSR count). The van der Waals surface area contributed by atoms with Gasteiger partial charge in [-0.05, 0) is 13.3 Å². The second-order valence-corrected chi connectivity index (χ2v) is 4.54. The first kappa shape index (κ1) is 13.5. The third kappa shape index (κ3) is 3.76. The van der Waals surface area contributed by atoms with Crippen molar-refractivity contribution in [1.29, 1.82) is 0 Å². The summed E-state index contributed by atoms with van der Waals surface area (Å²) in [6.07, 6.45) is 3.95. The van der Waals surface area contributed by atoms with Crippen LogP contribution in [0.2, 0.25) is 0 Å².